The van der Waals surface area contributed by atoms with Gasteiger partial charge in [0.2, 0.25) is 15.8 Å². The van der Waals surface area contributed by atoms with Crippen molar-refractivity contribution in [2.75, 3.05) is 0 Å². The molecule has 0 aliphatic heterocycles. The number of sulfonamides is 1. The predicted molar refractivity (Wildman–Crippen MR) is 81.7 cm³/mol. The lowest BCUT2D eigenvalue weighted by atomic mass is 10.4. The number of tetrazole rings is 1. The van der Waals surface area contributed by atoms with Gasteiger partial charge >= 0.3 is 5.69 Å². The van der Waals surface area contributed by atoms with Crippen LogP contribution in [0.4, 0.5) is 0 Å². The second-order valence-corrected chi connectivity index (χ2v) is 7.20. The lowest BCUT2D eigenvalue weighted by Gasteiger charge is -2.06. The third-order valence-corrected chi connectivity index (χ3v) is 5.29. The van der Waals surface area contributed by atoms with E-state index in [0.29, 0.717) is 10.7 Å². The molecule has 0 aromatic carbocycles. The fourth-order valence-corrected chi connectivity index (χ4v) is 3.93. The summed E-state index contributed by atoms with van der Waals surface area (Å²) in [6.07, 6.45) is 0. The van der Waals surface area contributed by atoms with E-state index in [-0.39, 0.29) is 18.1 Å². The van der Waals surface area contributed by atoms with Gasteiger partial charge in [-0.3, -0.25) is 9.78 Å². The number of nitrogens with zero attached hydrogens (tertiary/aromatic N) is 4. The van der Waals surface area contributed by atoms with Crippen molar-refractivity contribution in [1.82, 2.24) is 40.3 Å². The van der Waals surface area contributed by atoms with Crippen LogP contribution < -0.4 is 16.0 Å². The van der Waals surface area contributed by atoms with E-state index in [1.54, 1.807) is 5.38 Å². The molecule has 0 amide bonds. The Kier molecular flexibility index (Phi) is 4.08. The molecule has 4 N–H and O–H groups in total. The van der Waals surface area contributed by atoms with Crippen molar-refractivity contribution in [2.45, 2.75) is 18.4 Å². The minimum atomic E-state index is -4.13. The Labute approximate surface area is 137 Å². The number of rotatable bonds is 5. The molecule has 0 radical (unpaired) electrons. The lowest BCUT2D eigenvalue weighted by molar-refractivity contribution is 0.577. The quantitative estimate of drug-likeness (QED) is 0.418. The number of aromatic amines is 3. The average Bonchev–Trinajstić information content (AvgIpc) is 3.15. The molecule has 0 fully saturated rings. The molecule has 14 heteroatoms. The SMILES string of the molecule is Cc1[nH]c(=O)[nH]c(=O)c1S(=O)(=O)NCc1nc(-c2nn[nH]n2)cs1. The first-order valence-electron chi connectivity index (χ1n) is 6.38. The maximum Gasteiger partial charge on any atom is 0.325 e. The van der Waals surface area contributed by atoms with Crippen LogP contribution in [-0.4, -0.2) is 44.0 Å². The van der Waals surface area contributed by atoms with E-state index < -0.39 is 26.2 Å². The Balaban J connectivity index is 1.82. The summed E-state index contributed by atoms with van der Waals surface area (Å²) in [5.41, 5.74) is -1.37. The summed E-state index contributed by atoms with van der Waals surface area (Å²) in [6.45, 7) is 1.19. The van der Waals surface area contributed by atoms with Crippen LogP contribution >= 0.6 is 11.3 Å². The van der Waals surface area contributed by atoms with Gasteiger partial charge in [0, 0.05) is 11.1 Å². The zero-order valence-corrected chi connectivity index (χ0v) is 13.7. The number of hydrogen-bond donors (Lipinski definition) is 4. The van der Waals surface area contributed by atoms with Crippen molar-refractivity contribution < 1.29 is 8.42 Å². The van der Waals surface area contributed by atoms with E-state index in [1.165, 1.54) is 18.3 Å². The summed E-state index contributed by atoms with van der Waals surface area (Å²) >= 11 is 1.19. The molecule has 0 aliphatic carbocycles. The van der Waals surface area contributed by atoms with Gasteiger partial charge in [-0.15, -0.1) is 21.5 Å². The fourth-order valence-electron chi connectivity index (χ4n) is 1.91. The normalized spacial score (nSPS) is 11.7. The average molecular weight is 370 g/mol. The van der Waals surface area contributed by atoms with E-state index in [0.717, 1.165) is 0 Å². The first kappa shape index (κ1) is 16.2. The molecule has 3 aromatic rings. The van der Waals surface area contributed by atoms with Gasteiger partial charge in [0.25, 0.3) is 5.56 Å². The number of nitrogens with one attached hydrogen (secondary N) is 4. The lowest BCUT2D eigenvalue weighted by Crippen LogP contribution is -2.34. The third kappa shape index (κ3) is 3.15. The molecular weight excluding hydrogens is 360 g/mol. The largest absolute Gasteiger partial charge is 0.325 e. The zero-order chi connectivity index (χ0) is 17.3. The molecule has 0 spiro atoms. The summed E-state index contributed by atoms with van der Waals surface area (Å²) in [5.74, 6) is 0.285. The number of aromatic nitrogens is 7. The molecule has 3 rings (SSSR count). The Morgan fingerprint density at radius 1 is 1.29 bits per heavy atom. The number of aryl methyl sites for hydroxylation is 1. The summed E-state index contributed by atoms with van der Waals surface area (Å²) in [4.78, 5) is 30.6. The van der Waals surface area contributed by atoms with Gasteiger partial charge in [0.15, 0.2) is 4.90 Å². The molecule has 0 atom stereocenters. The van der Waals surface area contributed by atoms with Gasteiger partial charge in [0.05, 0.1) is 6.54 Å². The second-order valence-electron chi connectivity index (χ2n) is 4.55. The van der Waals surface area contributed by atoms with Gasteiger partial charge in [-0.05, 0) is 12.1 Å². The molecular formula is C10H10N8O4S2. The smallest absolute Gasteiger partial charge is 0.310 e. The first-order chi connectivity index (χ1) is 11.4. The molecule has 3 aromatic heterocycles. The Bertz CT molecular complexity index is 1080. The summed E-state index contributed by atoms with van der Waals surface area (Å²) in [7, 11) is -4.13. The van der Waals surface area contributed by atoms with Crippen molar-refractivity contribution in [1.29, 1.82) is 0 Å². The van der Waals surface area contributed by atoms with Crippen molar-refractivity contribution >= 4 is 21.4 Å². The molecule has 0 bridgehead atoms. The van der Waals surface area contributed by atoms with E-state index in [1.807, 2.05) is 4.98 Å². The molecule has 0 unspecified atom stereocenters. The van der Waals surface area contributed by atoms with Crippen molar-refractivity contribution in [3.05, 3.63) is 36.9 Å². The maximum atomic E-state index is 12.3. The van der Waals surface area contributed by atoms with Crippen LogP contribution in [0.5, 0.6) is 0 Å². The topological polar surface area (TPSA) is 179 Å². The molecule has 12 nitrogen and oxygen atoms in total. The van der Waals surface area contributed by atoms with Gasteiger partial charge in [0.1, 0.15) is 10.7 Å². The van der Waals surface area contributed by atoms with Crippen LogP contribution in [0.1, 0.15) is 10.7 Å². The molecule has 0 aliphatic rings. The molecule has 0 saturated heterocycles. The van der Waals surface area contributed by atoms with E-state index in [4.69, 9.17) is 0 Å². The van der Waals surface area contributed by atoms with Gasteiger partial charge in [-0.1, -0.05) is 0 Å². The van der Waals surface area contributed by atoms with Gasteiger partial charge < -0.3 is 4.98 Å². The molecule has 126 valence electrons. The monoisotopic (exact) mass is 370 g/mol. The summed E-state index contributed by atoms with van der Waals surface area (Å²) in [5, 5.41) is 15.3. The van der Waals surface area contributed by atoms with Crippen LogP contribution in [0, 0.1) is 6.92 Å². The Hall–Kier alpha value is -2.71. The predicted octanol–water partition coefficient (Wildman–Crippen LogP) is -1.51. The van der Waals surface area contributed by atoms with Crippen LogP contribution in [-0.2, 0) is 16.6 Å². The molecule has 24 heavy (non-hydrogen) atoms. The maximum absolute atomic E-state index is 12.3. The second kappa shape index (κ2) is 6.06. The van der Waals surface area contributed by atoms with Gasteiger partial charge in [-0.2, -0.15) is 5.21 Å². The standard InChI is InChI=1S/C10H10N8O4S2/c1-4-7(9(19)14-10(20)12-4)24(21,22)11-2-6-13-5(3-23-6)8-15-17-18-16-8/h3,11H,2H2,1H3,(H2,12,14,19,20)(H,15,16,17,18). The highest BCUT2D eigenvalue weighted by Gasteiger charge is 2.22. The third-order valence-electron chi connectivity index (χ3n) is 2.88. The summed E-state index contributed by atoms with van der Waals surface area (Å²) < 4.78 is 26.8. The number of thiazole rings is 1. The minimum absolute atomic E-state index is 0.0529. The van der Waals surface area contributed by atoms with E-state index in [2.05, 4.69) is 35.3 Å². The van der Waals surface area contributed by atoms with Crippen molar-refractivity contribution in [2.24, 2.45) is 0 Å². The Morgan fingerprint density at radius 2 is 2.08 bits per heavy atom. The summed E-state index contributed by atoms with van der Waals surface area (Å²) in [6, 6.07) is 0. The number of H-pyrrole nitrogens is 3. The molecule has 0 saturated carbocycles. The van der Waals surface area contributed by atoms with Crippen molar-refractivity contribution in [3.8, 4) is 11.5 Å². The van der Waals surface area contributed by atoms with Crippen LogP contribution in [0.2, 0.25) is 0 Å². The highest BCUT2D eigenvalue weighted by atomic mass is 32.2. The van der Waals surface area contributed by atoms with Gasteiger partial charge in [-0.25, -0.2) is 22.9 Å². The van der Waals surface area contributed by atoms with Crippen molar-refractivity contribution in [3.63, 3.8) is 0 Å². The number of hydrogen-bond acceptors (Lipinski definition) is 9. The minimum Gasteiger partial charge on any atom is -0.310 e. The Morgan fingerprint density at radius 3 is 2.75 bits per heavy atom. The fraction of sp³-hybridized carbons (Fsp3) is 0.200. The van der Waals surface area contributed by atoms with Crippen LogP contribution in [0.15, 0.2) is 19.9 Å². The van der Waals surface area contributed by atoms with Crippen LogP contribution in [0.25, 0.3) is 11.5 Å². The van der Waals surface area contributed by atoms with Crippen LogP contribution in [0.3, 0.4) is 0 Å². The highest BCUT2D eigenvalue weighted by Crippen LogP contribution is 2.17. The van der Waals surface area contributed by atoms with E-state index in [9.17, 15) is 18.0 Å². The highest BCUT2D eigenvalue weighted by molar-refractivity contribution is 7.89. The van der Waals surface area contributed by atoms with E-state index >= 15 is 0 Å². The zero-order valence-electron chi connectivity index (χ0n) is 12.0. The first-order valence-corrected chi connectivity index (χ1v) is 8.74. The molecule has 3 heterocycles.